The van der Waals surface area contributed by atoms with Crippen LogP contribution in [0.2, 0.25) is 0 Å². The van der Waals surface area contributed by atoms with Gasteiger partial charge >= 0.3 is 0 Å². The molecule has 3 rings (SSSR count). The highest BCUT2D eigenvalue weighted by Crippen LogP contribution is 2.39. The van der Waals surface area contributed by atoms with Crippen LogP contribution in [0.1, 0.15) is 50.5 Å². The molecule has 3 N–H and O–H groups in total. The van der Waals surface area contributed by atoms with Gasteiger partial charge in [0.2, 0.25) is 0 Å². The molecule has 0 bridgehead atoms. The Labute approximate surface area is 109 Å². The van der Waals surface area contributed by atoms with Gasteiger partial charge < -0.3 is 10.7 Å². The van der Waals surface area contributed by atoms with Crippen LogP contribution in [0.15, 0.2) is 24.4 Å². The van der Waals surface area contributed by atoms with E-state index in [1.807, 2.05) is 6.07 Å². The molecule has 2 aromatic rings. The van der Waals surface area contributed by atoms with Crippen LogP contribution in [0.4, 0.5) is 5.69 Å². The minimum Gasteiger partial charge on any atom is -0.399 e. The number of aromatic nitrogens is 1. The summed E-state index contributed by atoms with van der Waals surface area (Å²) in [6.07, 6.45) is 8.97. The first-order valence-corrected chi connectivity index (χ1v) is 7.14. The first-order valence-electron chi connectivity index (χ1n) is 7.14. The van der Waals surface area contributed by atoms with E-state index in [2.05, 4.69) is 30.2 Å². The number of hydrogen-bond donors (Lipinski definition) is 2. The zero-order chi connectivity index (χ0) is 12.5. The van der Waals surface area contributed by atoms with Crippen molar-refractivity contribution in [3.05, 3.63) is 30.0 Å². The van der Waals surface area contributed by atoms with Gasteiger partial charge in [0, 0.05) is 22.8 Å². The molecule has 18 heavy (non-hydrogen) atoms. The molecule has 1 aliphatic rings. The van der Waals surface area contributed by atoms with E-state index in [0.717, 1.165) is 17.5 Å². The van der Waals surface area contributed by atoms with Crippen molar-refractivity contribution in [2.75, 3.05) is 5.73 Å². The van der Waals surface area contributed by atoms with Gasteiger partial charge in [-0.3, -0.25) is 0 Å². The summed E-state index contributed by atoms with van der Waals surface area (Å²) in [7, 11) is 0. The second-order valence-electron chi connectivity index (χ2n) is 5.67. The Hall–Kier alpha value is -1.44. The molecule has 1 aromatic carbocycles. The Balaban J connectivity index is 1.88. The molecule has 1 fully saturated rings. The lowest BCUT2D eigenvalue weighted by molar-refractivity contribution is 0.319. The monoisotopic (exact) mass is 242 g/mol. The van der Waals surface area contributed by atoms with Gasteiger partial charge in [0.25, 0.3) is 0 Å². The minimum atomic E-state index is 0.725. The van der Waals surface area contributed by atoms with Crippen molar-refractivity contribution >= 4 is 16.6 Å². The molecule has 1 aliphatic carbocycles. The highest BCUT2D eigenvalue weighted by atomic mass is 14.7. The normalized spacial score (nSPS) is 24.5. The van der Waals surface area contributed by atoms with Crippen molar-refractivity contribution in [1.29, 1.82) is 0 Å². The van der Waals surface area contributed by atoms with Crippen molar-refractivity contribution in [2.24, 2.45) is 5.92 Å². The molecule has 1 saturated carbocycles. The van der Waals surface area contributed by atoms with Crippen molar-refractivity contribution in [2.45, 2.75) is 44.9 Å². The maximum Gasteiger partial charge on any atom is 0.0458 e. The summed E-state index contributed by atoms with van der Waals surface area (Å²) in [6, 6.07) is 6.18. The largest absolute Gasteiger partial charge is 0.399 e. The molecule has 0 saturated heterocycles. The number of fused-ring (bicyclic) bond motifs is 1. The number of rotatable bonds is 2. The molecule has 96 valence electrons. The zero-order valence-electron chi connectivity index (χ0n) is 11.1. The third-order valence-corrected chi connectivity index (χ3v) is 4.60. The minimum absolute atomic E-state index is 0.725. The van der Waals surface area contributed by atoms with E-state index in [0.29, 0.717) is 0 Å². The van der Waals surface area contributed by atoms with E-state index in [1.54, 1.807) is 0 Å². The Bertz CT molecular complexity index is 533. The summed E-state index contributed by atoms with van der Waals surface area (Å²) < 4.78 is 0. The quantitative estimate of drug-likeness (QED) is 0.751. The number of hydrogen-bond acceptors (Lipinski definition) is 1. The fourth-order valence-electron chi connectivity index (χ4n) is 3.38. The molecule has 0 spiro atoms. The van der Waals surface area contributed by atoms with Gasteiger partial charge in [-0.25, -0.2) is 0 Å². The van der Waals surface area contributed by atoms with Gasteiger partial charge in [-0.05, 0) is 61.3 Å². The lowest BCUT2D eigenvalue weighted by atomic mass is 9.78. The molecule has 2 heteroatoms. The fraction of sp³-hybridized carbons (Fsp3) is 0.500. The average molecular weight is 242 g/mol. The smallest absolute Gasteiger partial charge is 0.0458 e. The molecular formula is C16H22N2. The van der Waals surface area contributed by atoms with Crippen molar-refractivity contribution in [3.63, 3.8) is 0 Å². The SMILES string of the molecule is CCC1CCC(c2c[nH]c3ccc(N)cc23)CC1. The number of aromatic amines is 1. The molecule has 2 nitrogen and oxygen atoms in total. The van der Waals surface area contributed by atoms with Crippen molar-refractivity contribution in [1.82, 2.24) is 4.98 Å². The molecule has 0 atom stereocenters. The van der Waals surface area contributed by atoms with Crippen LogP contribution in [-0.4, -0.2) is 4.98 Å². The maximum absolute atomic E-state index is 5.91. The third kappa shape index (κ3) is 2.00. The second kappa shape index (κ2) is 4.68. The van der Waals surface area contributed by atoms with Gasteiger partial charge in [0.15, 0.2) is 0 Å². The Kier molecular flexibility index (Phi) is 3.02. The first kappa shape index (κ1) is 11.6. The molecular weight excluding hydrogens is 220 g/mol. The van der Waals surface area contributed by atoms with Crippen LogP contribution < -0.4 is 5.73 Å². The van der Waals surface area contributed by atoms with Gasteiger partial charge in [-0.2, -0.15) is 0 Å². The predicted molar refractivity (Wildman–Crippen MR) is 77.7 cm³/mol. The van der Waals surface area contributed by atoms with E-state index in [9.17, 15) is 0 Å². The van der Waals surface area contributed by atoms with Crippen LogP contribution >= 0.6 is 0 Å². The van der Waals surface area contributed by atoms with Crippen LogP contribution in [0.3, 0.4) is 0 Å². The molecule has 0 amide bonds. The summed E-state index contributed by atoms with van der Waals surface area (Å²) in [4.78, 5) is 3.38. The second-order valence-corrected chi connectivity index (χ2v) is 5.67. The molecule has 1 aromatic heterocycles. The first-order chi connectivity index (χ1) is 8.78. The number of nitrogens with two attached hydrogens (primary N) is 1. The summed E-state index contributed by atoms with van der Waals surface area (Å²) >= 11 is 0. The maximum atomic E-state index is 5.91. The van der Waals surface area contributed by atoms with E-state index in [1.165, 1.54) is 48.6 Å². The lowest BCUT2D eigenvalue weighted by Gasteiger charge is -2.27. The van der Waals surface area contributed by atoms with E-state index in [-0.39, 0.29) is 0 Å². The number of benzene rings is 1. The molecule has 0 unspecified atom stereocenters. The molecule has 0 radical (unpaired) electrons. The van der Waals surface area contributed by atoms with Crippen molar-refractivity contribution in [3.8, 4) is 0 Å². The Morgan fingerprint density at radius 2 is 2.00 bits per heavy atom. The molecule has 1 heterocycles. The van der Waals surface area contributed by atoms with Crippen LogP contribution in [-0.2, 0) is 0 Å². The Morgan fingerprint density at radius 1 is 1.22 bits per heavy atom. The van der Waals surface area contributed by atoms with Gasteiger partial charge in [0.05, 0.1) is 0 Å². The lowest BCUT2D eigenvalue weighted by Crippen LogP contribution is -2.12. The summed E-state index contributed by atoms with van der Waals surface area (Å²) in [5.41, 5.74) is 9.48. The Morgan fingerprint density at radius 3 is 2.72 bits per heavy atom. The summed E-state index contributed by atoms with van der Waals surface area (Å²) in [5, 5.41) is 1.33. The number of anilines is 1. The van der Waals surface area contributed by atoms with Gasteiger partial charge in [-0.15, -0.1) is 0 Å². The fourth-order valence-corrected chi connectivity index (χ4v) is 3.38. The third-order valence-electron chi connectivity index (χ3n) is 4.60. The van der Waals surface area contributed by atoms with Crippen LogP contribution in [0.25, 0.3) is 10.9 Å². The standard InChI is InChI=1S/C16H22N2/c1-2-11-3-5-12(6-4-11)15-10-18-16-8-7-13(17)9-14(15)16/h7-12,18H,2-6,17H2,1H3. The van der Waals surface area contributed by atoms with E-state index < -0.39 is 0 Å². The van der Waals surface area contributed by atoms with E-state index >= 15 is 0 Å². The summed E-state index contributed by atoms with van der Waals surface area (Å²) in [5.74, 6) is 1.68. The molecule has 0 aliphatic heterocycles. The van der Waals surface area contributed by atoms with Gasteiger partial charge in [-0.1, -0.05) is 13.3 Å². The zero-order valence-corrected chi connectivity index (χ0v) is 11.1. The topological polar surface area (TPSA) is 41.8 Å². The number of H-pyrrole nitrogens is 1. The highest BCUT2D eigenvalue weighted by Gasteiger charge is 2.23. The average Bonchev–Trinajstić information content (AvgIpc) is 2.82. The summed E-state index contributed by atoms with van der Waals surface area (Å²) in [6.45, 7) is 2.32. The predicted octanol–water partition coefficient (Wildman–Crippen LogP) is 4.43. The number of nitrogen functional groups attached to an aromatic ring is 1. The van der Waals surface area contributed by atoms with Gasteiger partial charge in [0.1, 0.15) is 0 Å². The van der Waals surface area contributed by atoms with Crippen molar-refractivity contribution < 1.29 is 0 Å². The van der Waals surface area contributed by atoms with Crippen LogP contribution in [0.5, 0.6) is 0 Å². The number of nitrogens with one attached hydrogen (secondary N) is 1. The van der Waals surface area contributed by atoms with Crippen LogP contribution in [0, 0.1) is 5.92 Å². The highest BCUT2D eigenvalue weighted by molar-refractivity contribution is 5.86. The van der Waals surface area contributed by atoms with E-state index in [4.69, 9.17) is 5.73 Å².